The number of rotatable bonds is 3. The quantitative estimate of drug-likeness (QED) is 0.170. The van der Waals surface area contributed by atoms with E-state index >= 15 is 8.63 Å². The third kappa shape index (κ3) is 5.84. The minimum Gasteiger partial charge on any atom is -0.328 e. The zero-order valence-electron chi connectivity index (χ0n) is 26.6. The molecule has 0 unspecified atom stereocenters. The smallest absolute Gasteiger partial charge is 0.328 e. The summed E-state index contributed by atoms with van der Waals surface area (Å²) in [4.78, 5) is 5.02. The number of aryl methyl sites for hydroxylation is 4. The second kappa shape index (κ2) is 12.4. The molecule has 0 radical (unpaired) electrons. The van der Waals surface area contributed by atoms with Gasteiger partial charge in [-0.25, -0.2) is 0 Å². The number of aromatic nitrogens is 1. The SMILES string of the molecule is CC1=N/C(=C(/c2c(C)cccc2C)c2c(C)c(C#Cc3ccc(C)cc3)c(C)n2B(F)F)C(C)=C1C#Cc1ccc(C)cc1. The molecule has 1 aromatic heterocycles. The van der Waals surface area contributed by atoms with E-state index in [1.54, 1.807) is 6.92 Å². The Morgan fingerprint density at radius 2 is 1.20 bits per heavy atom. The average molecular weight is 581 g/mol. The van der Waals surface area contributed by atoms with Gasteiger partial charge in [0.25, 0.3) is 0 Å². The summed E-state index contributed by atoms with van der Waals surface area (Å²) in [5, 5.41) is 0. The molecule has 1 aliphatic rings. The van der Waals surface area contributed by atoms with Crippen LogP contribution in [0.5, 0.6) is 0 Å². The summed E-state index contributed by atoms with van der Waals surface area (Å²) in [6.45, 7) is 15.6. The van der Waals surface area contributed by atoms with Crippen LogP contribution in [0.1, 0.15) is 75.3 Å². The van der Waals surface area contributed by atoms with E-state index in [9.17, 15) is 0 Å². The Morgan fingerprint density at radius 3 is 1.73 bits per heavy atom. The van der Waals surface area contributed by atoms with E-state index < -0.39 is 7.40 Å². The maximum Gasteiger partial charge on any atom is 0.677 e. The third-order valence-electron chi connectivity index (χ3n) is 8.23. The lowest BCUT2D eigenvalue weighted by Crippen LogP contribution is -2.19. The fourth-order valence-electron chi connectivity index (χ4n) is 5.82. The van der Waals surface area contributed by atoms with Crippen LogP contribution < -0.4 is 0 Å². The topological polar surface area (TPSA) is 17.3 Å². The van der Waals surface area contributed by atoms with Gasteiger partial charge in [0.2, 0.25) is 0 Å². The van der Waals surface area contributed by atoms with Gasteiger partial charge in [0.05, 0.1) is 17.0 Å². The Balaban J connectivity index is 1.81. The van der Waals surface area contributed by atoms with Crippen molar-refractivity contribution in [2.45, 2.75) is 55.4 Å². The number of hydrogen-bond donors (Lipinski definition) is 0. The summed E-state index contributed by atoms with van der Waals surface area (Å²) in [6.07, 6.45) is 0. The Labute approximate surface area is 260 Å². The molecular formula is C39H35BF2N2. The monoisotopic (exact) mass is 580 g/mol. The van der Waals surface area contributed by atoms with Crippen molar-refractivity contribution in [3.05, 3.63) is 145 Å². The van der Waals surface area contributed by atoms with E-state index in [4.69, 9.17) is 4.99 Å². The van der Waals surface area contributed by atoms with Gasteiger partial charge < -0.3 is 4.48 Å². The molecule has 2 nitrogen and oxygen atoms in total. The number of hydrogen-bond acceptors (Lipinski definition) is 1. The summed E-state index contributed by atoms with van der Waals surface area (Å²) >= 11 is 0. The van der Waals surface area contributed by atoms with Gasteiger partial charge >= 0.3 is 7.40 Å². The van der Waals surface area contributed by atoms with Crippen molar-refractivity contribution in [2.24, 2.45) is 4.99 Å². The minimum atomic E-state index is -2.77. The lowest BCUT2D eigenvalue weighted by Gasteiger charge is -2.20. The van der Waals surface area contributed by atoms with Crippen LogP contribution in [0.2, 0.25) is 0 Å². The van der Waals surface area contributed by atoms with Gasteiger partial charge in [0.15, 0.2) is 0 Å². The van der Waals surface area contributed by atoms with Crippen LogP contribution in [-0.2, 0) is 0 Å². The molecular weight excluding hydrogens is 545 g/mol. The molecule has 5 rings (SSSR count). The predicted octanol–water partition coefficient (Wildman–Crippen LogP) is 9.11. The van der Waals surface area contributed by atoms with Crippen LogP contribution in [0.3, 0.4) is 0 Å². The van der Waals surface area contributed by atoms with Gasteiger partial charge in [-0.1, -0.05) is 77.3 Å². The predicted molar refractivity (Wildman–Crippen MR) is 180 cm³/mol. The number of allylic oxidation sites excluding steroid dienone is 2. The van der Waals surface area contributed by atoms with E-state index in [1.807, 2.05) is 115 Å². The number of nitrogens with zero attached hydrogens (tertiary/aromatic N) is 2. The van der Waals surface area contributed by atoms with Crippen molar-refractivity contribution < 1.29 is 8.63 Å². The lowest BCUT2D eigenvalue weighted by molar-refractivity contribution is 0.624. The average Bonchev–Trinajstić information content (AvgIpc) is 3.40. The highest BCUT2D eigenvalue weighted by Gasteiger charge is 2.33. The fraction of sp³-hybridized carbons (Fsp3) is 0.205. The summed E-state index contributed by atoms with van der Waals surface area (Å²) in [7, 11) is -2.77. The molecule has 0 fully saturated rings. The summed E-state index contributed by atoms with van der Waals surface area (Å²) < 4.78 is 31.2. The molecule has 5 heteroatoms. The Morgan fingerprint density at radius 1 is 0.682 bits per heavy atom. The van der Waals surface area contributed by atoms with Gasteiger partial charge in [-0.05, 0) is 107 Å². The van der Waals surface area contributed by atoms with E-state index in [0.29, 0.717) is 33.8 Å². The highest BCUT2D eigenvalue weighted by Crippen LogP contribution is 2.42. The van der Waals surface area contributed by atoms with E-state index in [2.05, 4.69) is 23.7 Å². The minimum absolute atomic E-state index is 0.427. The first kappa shape index (κ1) is 30.6. The second-order valence-electron chi connectivity index (χ2n) is 11.5. The van der Waals surface area contributed by atoms with E-state index in [1.165, 1.54) is 5.56 Å². The van der Waals surface area contributed by atoms with Crippen LogP contribution in [0, 0.1) is 65.2 Å². The lowest BCUT2D eigenvalue weighted by atomic mass is 9.88. The number of halogens is 2. The Kier molecular flexibility index (Phi) is 8.62. The Bertz CT molecular complexity index is 1980. The highest BCUT2D eigenvalue weighted by molar-refractivity contribution is 6.41. The standard InChI is InChI=1S/C39H35BF2N2/c1-24-12-16-32(17-13-24)20-22-34-28(5)38(43-30(34)7)37(36-26(3)10-9-11-27(36)4)39-29(6)35(31(8)44(39)40(41)42)23-21-33-18-14-25(2)15-19-33/h9-19H,1-8H3/b38-37-. The van der Waals surface area contributed by atoms with Crippen LogP contribution in [0.15, 0.2) is 88.6 Å². The maximum atomic E-state index is 15.1. The second-order valence-corrected chi connectivity index (χ2v) is 11.5. The first-order valence-electron chi connectivity index (χ1n) is 14.7. The van der Waals surface area contributed by atoms with Crippen molar-refractivity contribution in [3.63, 3.8) is 0 Å². The molecule has 218 valence electrons. The molecule has 0 bridgehead atoms. The molecule has 3 aromatic carbocycles. The molecule has 1 aliphatic heterocycles. The van der Waals surface area contributed by atoms with Crippen LogP contribution in [0.4, 0.5) is 8.63 Å². The van der Waals surface area contributed by atoms with Crippen molar-refractivity contribution in [1.82, 2.24) is 4.48 Å². The van der Waals surface area contributed by atoms with Crippen molar-refractivity contribution in [3.8, 4) is 23.7 Å². The number of benzene rings is 3. The first-order chi connectivity index (χ1) is 21.0. The fourth-order valence-corrected chi connectivity index (χ4v) is 5.82. The van der Waals surface area contributed by atoms with Gasteiger partial charge in [-0.15, -0.1) is 0 Å². The summed E-state index contributed by atoms with van der Waals surface area (Å²) in [6, 6.07) is 22.0. The largest absolute Gasteiger partial charge is 0.677 e. The van der Waals surface area contributed by atoms with Gasteiger partial charge in [-0.3, -0.25) is 13.6 Å². The molecule has 0 atom stereocenters. The van der Waals surface area contributed by atoms with Crippen LogP contribution >= 0.6 is 0 Å². The molecule has 0 spiro atoms. The Hall–Kier alpha value is -4.87. The summed E-state index contributed by atoms with van der Waals surface area (Å²) in [5.74, 6) is 13.0. The van der Waals surface area contributed by atoms with Gasteiger partial charge in [0.1, 0.15) is 0 Å². The van der Waals surface area contributed by atoms with Crippen LogP contribution in [0.25, 0.3) is 5.57 Å². The highest BCUT2D eigenvalue weighted by atomic mass is 19.2. The number of aliphatic imine (C=N–C) groups is 1. The molecule has 0 amide bonds. The van der Waals surface area contributed by atoms with Gasteiger partial charge in [-0.2, -0.15) is 0 Å². The maximum absolute atomic E-state index is 15.1. The molecule has 2 heterocycles. The molecule has 4 aromatic rings. The zero-order chi connectivity index (χ0) is 31.7. The molecule has 0 aliphatic carbocycles. The zero-order valence-corrected chi connectivity index (χ0v) is 26.6. The van der Waals surface area contributed by atoms with E-state index in [0.717, 1.165) is 54.7 Å². The van der Waals surface area contributed by atoms with Crippen molar-refractivity contribution >= 4 is 18.7 Å². The normalized spacial score (nSPS) is 13.6. The third-order valence-corrected chi connectivity index (χ3v) is 8.23. The molecule has 0 saturated heterocycles. The first-order valence-corrected chi connectivity index (χ1v) is 14.7. The van der Waals surface area contributed by atoms with Crippen molar-refractivity contribution in [2.75, 3.05) is 0 Å². The van der Waals surface area contributed by atoms with E-state index in [-0.39, 0.29) is 0 Å². The molecule has 0 N–H and O–H groups in total. The van der Waals surface area contributed by atoms with Crippen LogP contribution in [-0.4, -0.2) is 17.6 Å². The van der Waals surface area contributed by atoms with Gasteiger partial charge in [0, 0.05) is 33.7 Å². The molecule has 44 heavy (non-hydrogen) atoms. The van der Waals surface area contributed by atoms with Crippen molar-refractivity contribution in [1.29, 1.82) is 0 Å². The molecule has 0 saturated carbocycles. The summed E-state index contributed by atoms with van der Waals surface area (Å²) in [5.41, 5.74) is 12.9.